The van der Waals surface area contributed by atoms with Crippen LogP contribution < -0.4 is 0 Å². The fraction of sp³-hybridized carbons (Fsp3) is 0.167. The molecule has 0 aliphatic carbocycles. The highest BCUT2D eigenvalue weighted by atomic mass is 79.9. The zero-order valence-electron chi connectivity index (χ0n) is 9.75. The van der Waals surface area contributed by atoms with Gasteiger partial charge in [0.25, 0.3) is 0 Å². The molecule has 0 unspecified atom stereocenters. The third-order valence-corrected chi connectivity index (χ3v) is 4.28. The Morgan fingerprint density at radius 3 is 2.84 bits per heavy atom. The topological polar surface area (TPSA) is 39.2 Å². The average Bonchev–Trinajstić information content (AvgIpc) is 2.71. The summed E-state index contributed by atoms with van der Waals surface area (Å²) in [6.07, 6.45) is 0. The number of aromatic nitrogens is 1. The summed E-state index contributed by atoms with van der Waals surface area (Å²) in [7, 11) is 0. The van der Waals surface area contributed by atoms with E-state index in [1.807, 2.05) is 0 Å². The summed E-state index contributed by atoms with van der Waals surface area (Å²) in [6.45, 7) is 2.06. The number of halogens is 3. The normalized spacial score (nSPS) is 10.5. The van der Waals surface area contributed by atoms with Gasteiger partial charge in [-0.1, -0.05) is 34.5 Å². The summed E-state index contributed by atoms with van der Waals surface area (Å²) in [5.74, 6) is -0.410. The predicted molar refractivity (Wildman–Crippen MR) is 81.2 cm³/mol. The minimum absolute atomic E-state index is 0.308. The van der Waals surface area contributed by atoms with E-state index < -0.39 is 5.97 Å². The number of rotatable bonds is 3. The molecule has 3 nitrogen and oxygen atoms in total. The van der Waals surface area contributed by atoms with Gasteiger partial charge in [-0.3, -0.25) is 0 Å². The van der Waals surface area contributed by atoms with Crippen molar-refractivity contribution in [1.82, 2.24) is 4.98 Å². The van der Waals surface area contributed by atoms with Crippen molar-refractivity contribution in [3.05, 3.63) is 37.0 Å². The smallest absolute Gasteiger partial charge is 0.350 e. The molecule has 0 fully saturated rings. The molecule has 2 aromatic rings. The first-order valence-electron chi connectivity index (χ1n) is 5.31. The van der Waals surface area contributed by atoms with Crippen LogP contribution in [0, 0.1) is 0 Å². The standard InChI is InChI=1S/C12H8BrCl2NO2S/c1-2-18-11(17)10-9(16-12(13)19-10)7-4-3-6(14)5-8(7)15/h3-5H,2H2,1H3. The van der Waals surface area contributed by atoms with E-state index in [1.54, 1.807) is 25.1 Å². The Kier molecular flexibility index (Phi) is 4.84. The van der Waals surface area contributed by atoms with E-state index in [9.17, 15) is 4.79 Å². The molecule has 1 aromatic carbocycles. The van der Waals surface area contributed by atoms with Crippen LogP contribution in [0.25, 0.3) is 11.3 Å². The van der Waals surface area contributed by atoms with Crippen molar-refractivity contribution in [2.24, 2.45) is 0 Å². The molecular formula is C12H8BrCl2NO2S. The predicted octanol–water partition coefficient (Wildman–Crippen LogP) is 5.06. The zero-order valence-corrected chi connectivity index (χ0v) is 13.7. The SMILES string of the molecule is CCOC(=O)c1sc(Br)nc1-c1ccc(Cl)cc1Cl. The van der Waals surface area contributed by atoms with E-state index in [1.165, 1.54) is 11.3 Å². The summed E-state index contributed by atoms with van der Waals surface area (Å²) in [5.41, 5.74) is 1.15. The van der Waals surface area contributed by atoms with Crippen LogP contribution in [-0.2, 0) is 4.74 Å². The second-order valence-corrected chi connectivity index (χ2v) is 6.61. The van der Waals surface area contributed by atoms with Gasteiger partial charge in [-0.05, 0) is 41.1 Å². The molecule has 7 heteroatoms. The molecule has 0 spiro atoms. The van der Waals surface area contributed by atoms with Crippen molar-refractivity contribution in [2.75, 3.05) is 6.61 Å². The average molecular weight is 381 g/mol. The van der Waals surface area contributed by atoms with Crippen LogP contribution >= 0.6 is 50.5 Å². The van der Waals surface area contributed by atoms with Crippen LogP contribution in [0.1, 0.15) is 16.6 Å². The maximum Gasteiger partial charge on any atom is 0.350 e. The van der Waals surface area contributed by atoms with Gasteiger partial charge in [0.2, 0.25) is 0 Å². The number of nitrogens with zero attached hydrogens (tertiary/aromatic N) is 1. The van der Waals surface area contributed by atoms with Crippen LogP contribution in [0.5, 0.6) is 0 Å². The van der Waals surface area contributed by atoms with Crippen molar-refractivity contribution >= 4 is 56.4 Å². The lowest BCUT2D eigenvalue weighted by Gasteiger charge is -2.04. The summed E-state index contributed by atoms with van der Waals surface area (Å²) in [4.78, 5) is 16.6. The molecule has 0 bridgehead atoms. The van der Waals surface area contributed by atoms with E-state index in [0.717, 1.165) is 0 Å². The number of ether oxygens (including phenoxy) is 1. The summed E-state index contributed by atoms with van der Waals surface area (Å²) in [5, 5.41) is 0.969. The van der Waals surface area contributed by atoms with Gasteiger partial charge in [-0.15, -0.1) is 0 Å². The molecule has 100 valence electrons. The number of hydrogen-bond acceptors (Lipinski definition) is 4. The van der Waals surface area contributed by atoms with Crippen molar-refractivity contribution in [2.45, 2.75) is 6.92 Å². The van der Waals surface area contributed by atoms with Crippen molar-refractivity contribution in [3.63, 3.8) is 0 Å². The van der Waals surface area contributed by atoms with Crippen LogP contribution in [-0.4, -0.2) is 17.6 Å². The lowest BCUT2D eigenvalue weighted by atomic mass is 10.1. The summed E-state index contributed by atoms with van der Waals surface area (Å²) < 4.78 is 5.60. The molecule has 0 saturated heterocycles. The van der Waals surface area contributed by atoms with Crippen molar-refractivity contribution in [3.8, 4) is 11.3 Å². The maximum atomic E-state index is 11.9. The number of carbonyl (C=O) groups excluding carboxylic acids is 1. The Labute approximate surface area is 132 Å². The van der Waals surface area contributed by atoms with Gasteiger partial charge in [-0.2, -0.15) is 0 Å². The Hall–Kier alpha value is -0.620. The number of esters is 1. The first-order chi connectivity index (χ1) is 9.02. The van der Waals surface area contributed by atoms with Gasteiger partial charge < -0.3 is 4.74 Å². The lowest BCUT2D eigenvalue weighted by Crippen LogP contribution is -2.04. The summed E-state index contributed by atoms with van der Waals surface area (Å²) >= 11 is 16.5. The third-order valence-electron chi connectivity index (χ3n) is 2.25. The molecule has 1 heterocycles. The molecule has 1 aromatic heterocycles. The van der Waals surface area contributed by atoms with Gasteiger partial charge in [0.05, 0.1) is 17.3 Å². The Morgan fingerprint density at radius 2 is 2.21 bits per heavy atom. The number of thiazole rings is 1. The molecular weight excluding hydrogens is 373 g/mol. The van der Waals surface area contributed by atoms with Crippen LogP contribution in [0.2, 0.25) is 10.0 Å². The number of carbonyl (C=O) groups is 1. The van der Waals surface area contributed by atoms with Crippen molar-refractivity contribution in [1.29, 1.82) is 0 Å². The molecule has 0 N–H and O–H groups in total. The molecule has 0 aliphatic heterocycles. The maximum absolute atomic E-state index is 11.9. The molecule has 0 atom stereocenters. The van der Waals surface area contributed by atoms with Gasteiger partial charge in [0.15, 0.2) is 3.92 Å². The second kappa shape index (κ2) is 6.22. The number of benzene rings is 1. The van der Waals surface area contributed by atoms with Gasteiger partial charge in [-0.25, -0.2) is 9.78 Å². The first kappa shape index (κ1) is 14.8. The van der Waals surface area contributed by atoms with E-state index in [-0.39, 0.29) is 0 Å². The van der Waals surface area contributed by atoms with Crippen LogP contribution in [0.15, 0.2) is 22.1 Å². The van der Waals surface area contributed by atoms with Gasteiger partial charge in [0, 0.05) is 10.6 Å². The third kappa shape index (κ3) is 3.28. The highest BCUT2D eigenvalue weighted by Gasteiger charge is 2.21. The second-order valence-electron chi connectivity index (χ2n) is 3.49. The molecule has 19 heavy (non-hydrogen) atoms. The molecule has 0 amide bonds. The minimum Gasteiger partial charge on any atom is -0.462 e. The van der Waals surface area contributed by atoms with Gasteiger partial charge >= 0.3 is 5.97 Å². The largest absolute Gasteiger partial charge is 0.462 e. The summed E-state index contributed by atoms with van der Waals surface area (Å²) in [6, 6.07) is 5.04. The monoisotopic (exact) mass is 379 g/mol. The highest BCUT2D eigenvalue weighted by Crippen LogP contribution is 2.36. The van der Waals surface area contributed by atoms with E-state index in [2.05, 4.69) is 20.9 Å². The van der Waals surface area contributed by atoms with E-state index >= 15 is 0 Å². The highest BCUT2D eigenvalue weighted by molar-refractivity contribution is 9.11. The van der Waals surface area contributed by atoms with E-state index in [0.29, 0.717) is 36.7 Å². The van der Waals surface area contributed by atoms with Crippen molar-refractivity contribution < 1.29 is 9.53 Å². The molecule has 0 aliphatic rings. The minimum atomic E-state index is -0.410. The fourth-order valence-electron chi connectivity index (χ4n) is 1.49. The molecule has 2 rings (SSSR count). The zero-order chi connectivity index (χ0) is 14.0. The Bertz CT molecular complexity index is 630. The van der Waals surface area contributed by atoms with Crippen LogP contribution in [0.4, 0.5) is 0 Å². The molecule has 0 radical (unpaired) electrons. The Morgan fingerprint density at radius 1 is 1.47 bits per heavy atom. The Balaban J connectivity index is 2.52. The fourth-order valence-corrected chi connectivity index (χ4v) is 3.35. The molecule has 0 saturated carbocycles. The first-order valence-corrected chi connectivity index (χ1v) is 7.68. The van der Waals surface area contributed by atoms with E-state index in [4.69, 9.17) is 27.9 Å². The van der Waals surface area contributed by atoms with Crippen LogP contribution in [0.3, 0.4) is 0 Å². The quantitative estimate of drug-likeness (QED) is 0.699. The lowest BCUT2D eigenvalue weighted by molar-refractivity contribution is 0.0532. The number of hydrogen-bond donors (Lipinski definition) is 0. The van der Waals surface area contributed by atoms with Gasteiger partial charge in [0.1, 0.15) is 4.88 Å².